The predicted octanol–water partition coefficient (Wildman–Crippen LogP) is 1.71. The van der Waals surface area contributed by atoms with Crippen molar-refractivity contribution in [2.75, 3.05) is 26.2 Å². The van der Waals surface area contributed by atoms with Gasteiger partial charge in [0.2, 0.25) is 0 Å². The maximum absolute atomic E-state index is 5.50. The third-order valence-electron chi connectivity index (χ3n) is 2.59. The van der Waals surface area contributed by atoms with Gasteiger partial charge < -0.3 is 5.73 Å². The Morgan fingerprint density at radius 1 is 1.43 bits per heavy atom. The fraction of sp³-hybridized carbons (Fsp3) is 0.833. The molecule has 0 fully saturated rings. The fourth-order valence-corrected chi connectivity index (χ4v) is 1.57. The van der Waals surface area contributed by atoms with Crippen LogP contribution in [0.25, 0.3) is 0 Å². The van der Waals surface area contributed by atoms with Gasteiger partial charge in [-0.15, -0.1) is 6.42 Å². The van der Waals surface area contributed by atoms with E-state index in [9.17, 15) is 0 Å². The van der Waals surface area contributed by atoms with E-state index in [2.05, 4.69) is 24.7 Å². The second-order valence-corrected chi connectivity index (χ2v) is 3.90. The molecule has 2 nitrogen and oxygen atoms in total. The van der Waals surface area contributed by atoms with E-state index in [1.165, 1.54) is 12.8 Å². The molecular weight excluding hydrogens is 172 g/mol. The largest absolute Gasteiger partial charge is 0.330 e. The van der Waals surface area contributed by atoms with Crippen molar-refractivity contribution in [3.05, 3.63) is 0 Å². The maximum atomic E-state index is 5.50. The highest BCUT2D eigenvalue weighted by Crippen LogP contribution is 2.09. The Bertz CT molecular complexity index is 160. The molecule has 2 heteroatoms. The Balaban J connectivity index is 3.46. The van der Waals surface area contributed by atoms with Crippen molar-refractivity contribution < 1.29 is 0 Å². The number of hydrogen-bond donors (Lipinski definition) is 1. The summed E-state index contributed by atoms with van der Waals surface area (Å²) in [6.45, 7) is 8.18. The summed E-state index contributed by atoms with van der Waals surface area (Å²) in [6.07, 6.45) is 8.91. The smallest absolute Gasteiger partial charge is 0.0598 e. The number of hydrogen-bond acceptors (Lipinski definition) is 2. The lowest BCUT2D eigenvalue weighted by Gasteiger charge is -2.18. The minimum Gasteiger partial charge on any atom is -0.330 e. The van der Waals surface area contributed by atoms with Crippen LogP contribution in [-0.2, 0) is 0 Å². The van der Waals surface area contributed by atoms with Gasteiger partial charge in [0, 0.05) is 0 Å². The zero-order valence-electron chi connectivity index (χ0n) is 9.63. The highest BCUT2D eigenvalue weighted by Gasteiger charge is 2.03. The minimum absolute atomic E-state index is 0.754. The molecule has 0 heterocycles. The number of rotatable bonds is 8. The van der Waals surface area contributed by atoms with Crippen LogP contribution >= 0.6 is 0 Å². The first-order chi connectivity index (χ1) is 6.74. The molecule has 0 bridgehead atoms. The van der Waals surface area contributed by atoms with Crippen molar-refractivity contribution in [1.82, 2.24) is 4.90 Å². The molecule has 1 atom stereocenters. The summed E-state index contributed by atoms with van der Waals surface area (Å²) in [4.78, 5) is 2.30. The third kappa shape index (κ3) is 6.94. The van der Waals surface area contributed by atoms with Gasteiger partial charge in [0.25, 0.3) is 0 Å². The van der Waals surface area contributed by atoms with Crippen LogP contribution in [0.1, 0.15) is 33.1 Å². The first-order valence-electron chi connectivity index (χ1n) is 5.60. The number of nitrogens with zero attached hydrogens (tertiary/aromatic N) is 1. The third-order valence-corrected chi connectivity index (χ3v) is 2.59. The van der Waals surface area contributed by atoms with E-state index in [-0.39, 0.29) is 0 Å². The molecule has 0 saturated heterocycles. The summed E-state index contributed by atoms with van der Waals surface area (Å²) >= 11 is 0. The minimum atomic E-state index is 0.754. The highest BCUT2D eigenvalue weighted by molar-refractivity contribution is 4.87. The lowest BCUT2D eigenvalue weighted by Crippen LogP contribution is -2.25. The number of terminal acetylenes is 1. The Morgan fingerprint density at radius 3 is 2.64 bits per heavy atom. The molecule has 0 rings (SSSR count). The van der Waals surface area contributed by atoms with E-state index in [4.69, 9.17) is 12.2 Å². The Hall–Kier alpha value is -0.520. The molecule has 0 aromatic rings. The molecule has 0 aliphatic carbocycles. The van der Waals surface area contributed by atoms with Crippen LogP contribution in [0.15, 0.2) is 0 Å². The summed E-state index contributed by atoms with van der Waals surface area (Å²) in [5.41, 5.74) is 5.50. The normalized spacial score (nSPS) is 12.8. The molecule has 14 heavy (non-hydrogen) atoms. The Kier molecular flexibility index (Phi) is 8.72. The van der Waals surface area contributed by atoms with Gasteiger partial charge in [0.05, 0.1) is 6.54 Å². The van der Waals surface area contributed by atoms with E-state index in [1.807, 2.05) is 0 Å². The molecule has 82 valence electrons. The van der Waals surface area contributed by atoms with Gasteiger partial charge in [0.15, 0.2) is 0 Å². The van der Waals surface area contributed by atoms with Crippen molar-refractivity contribution in [2.24, 2.45) is 11.7 Å². The molecule has 0 aromatic carbocycles. The van der Waals surface area contributed by atoms with Crippen molar-refractivity contribution in [3.63, 3.8) is 0 Å². The monoisotopic (exact) mass is 196 g/mol. The lowest BCUT2D eigenvalue weighted by atomic mass is 10.0. The quantitative estimate of drug-likeness (QED) is 0.599. The molecule has 0 amide bonds. The lowest BCUT2D eigenvalue weighted by molar-refractivity contribution is 0.304. The molecule has 0 aromatic heterocycles. The second-order valence-electron chi connectivity index (χ2n) is 3.90. The Morgan fingerprint density at radius 2 is 2.14 bits per heavy atom. The molecule has 0 saturated carbocycles. The van der Waals surface area contributed by atoms with E-state index in [0.29, 0.717) is 0 Å². The van der Waals surface area contributed by atoms with Crippen molar-refractivity contribution in [3.8, 4) is 12.3 Å². The van der Waals surface area contributed by atoms with Gasteiger partial charge in [-0.2, -0.15) is 0 Å². The Labute approximate surface area is 88.9 Å². The number of nitrogens with two attached hydrogens (primary N) is 1. The van der Waals surface area contributed by atoms with E-state index >= 15 is 0 Å². The van der Waals surface area contributed by atoms with Gasteiger partial charge >= 0.3 is 0 Å². The van der Waals surface area contributed by atoms with Crippen LogP contribution in [0.3, 0.4) is 0 Å². The molecule has 0 aliphatic heterocycles. The highest BCUT2D eigenvalue weighted by atomic mass is 15.1. The summed E-state index contributed by atoms with van der Waals surface area (Å²) in [5, 5.41) is 0. The van der Waals surface area contributed by atoms with E-state index < -0.39 is 0 Å². The SMILES string of the molecule is C#CCN(CC)CCCC(C)CCN. The van der Waals surface area contributed by atoms with Crippen molar-refractivity contribution >= 4 is 0 Å². The van der Waals surface area contributed by atoms with Gasteiger partial charge in [-0.25, -0.2) is 0 Å². The molecule has 2 N–H and O–H groups in total. The van der Waals surface area contributed by atoms with Crippen LogP contribution in [-0.4, -0.2) is 31.1 Å². The summed E-state index contributed by atoms with van der Waals surface area (Å²) in [6, 6.07) is 0. The second kappa shape index (κ2) is 9.05. The predicted molar refractivity (Wildman–Crippen MR) is 63.0 cm³/mol. The van der Waals surface area contributed by atoms with Crippen molar-refractivity contribution in [1.29, 1.82) is 0 Å². The van der Waals surface area contributed by atoms with E-state index in [0.717, 1.165) is 38.5 Å². The molecule has 0 spiro atoms. The first kappa shape index (κ1) is 13.5. The fourth-order valence-electron chi connectivity index (χ4n) is 1.57. The van der Waals surface area contributed by atoms with Crippen LogP contribution in [0.4, 0.5) is 0 Å². The van der Waals surface area contributed by atoms with Gasteiger partial charge in [0.1, 0.15) is 0 Å². The zero-order valence-corrected chi connectivity index (χ0v) is 9.63. The average molecular weight is 196 g/mol. The van der Waals surface area contributed by atoms with Crippen LogP contribution < -0.4 is 5.73 Å². The van der Waals surface area contributed by atoms with Crippen LogP contribution in [0.2, 0.25) is 0 Å². The molecular formula is C12H24N2. The standard InChI is InChI=1S/C12H24N2/c1-4-10-14(5-2)11-6-7-12(3)8-9-13/h1,12H,5-11,13H2,2-3H3. The van der Waals surface area contributed by atoms with Gasteiger partial charge in [-0.3, -0.25) is 4.90 Å². The average Bonchev–Trinajstić information content (AvgIpc) is 2.17. The summed E-state index contributed by atoms with van der Waals surface area (Å²) in [5.74, 6) is 3.44. The van der Waals surface area contributed by atoms with Crippen LogP contribution in [0, 0.1) is 18.3 Å². The maximum Gasteiger partial charge on any atom is 0.0598 e. The molecule has 0 aliphatic rings. The van der Waals surface area contributed by atoms with Crippen molar-refractivity contribution in [2.45, 2.75) is 33.1 Å². The molecule has 1 unspecified atom stereocenters. The van der Waals surface area contributed by atoms with Gasteiger partial charge in [-0.05, 0) is 44.8 Å². The van der Waals surface area contributed by atoms with Crippen LogP contribution in [0.5, 0.6) is 0 Å². The first-order valence-corrected chi connectivity index (χ1v) is 5.60. The zero-order chi connectivity index (χ0) is 10.8. The van der Waals surface area contributed by atoms with Gasteiger partial charge in [-0.1, -0.05) is 19.8 Å². The summed E-state index contributed by atoms with van der Waals surface area (Å²) in [7, 11) is 0. The topological polar surface area (TPSA) is 29.3 Å². The van der Waals surface area contributed by atoms with E-state index in [1.54, 1.807) is 0 Å². The summed E-state index contributed by atoms with van der Waals surface area (Å²) < 4.78 is 0. The molecule has 0 radical (unpaired) electrons.